The molecule has 1 aliphatic heterocycles. The number of ether oxygens (including phenoxy) is 2. The molecule has 0 saturated carbocycles. The number of morpholine rings is 1. The SMILES string of the molecule is C[C@@H](NC(=O)COC(=O)c1cccnc1N1CCOCC1)c1cccs1. The molecule has 0 aliphatic carbocycles. The molecule has 8 heteroatoms. The van der Waals surface area contributed by atoms with Gasteiger partial charge in [0.25, 0.3) is 5.91 Å². The molecule has 1 saturated heterocycles. The summed E-state index contributed by atoms with van der Waals surface area (Å²) in [5.74, 6) is -0.331. The van der Waals surface area contributed by atoms with Gasteiger partial charge in [-0.2, -0.15) is 0 Å². The summed E-state index contributed by atoms with van der Waals surface area (Å²) < 4.78 is 10.5. The van der Waals surface area contributed by atoms with Gasteiger partial charge in [0, 0.05) is 24.2 Å². The van der Waals surface area contributed by atoms with Crippen molar-refractivity contribution < 1.29 is 19.1 Å². The average molecular weight is 375 g/mol. The highest BCUT2D eigenvalue weighted by atomic mass is 32.1. The van der Waals surface area contributed by atoms with Gasteiger partial charge in [0.2, 0.25) is 0 Å². The number of pyridine rings is 1. The van der Waals surface area contributed by atoms with Crippen molar-refractivity contribution in [2.45, 2.75) is 13.0 Å². The van der Waals surface area contributed by atoms with Gasteiger partial charge in [-0.25, -0.2) is 9.78 Å². The van der Waals surface area contributed by atoms with Crippen LogP contribution in [0.4, 0.5) is 5.82 Å². The van der Waals surface area contributed by atoms with E-state index in [1.54, 1.807) is 29.7 Å². The van der Waals surface area contributed by atoms with E-state index in [2.05, 4.69) is 10.3 Å². The van der Waals surface area contributed by atoms with Crippen molar-refractivity contribution in [2.24, 2.45) is 0 Å². The van der Waals surface area contributed by atoms with E-state index >= 15 is 0 Å². The Bertz CT molecular complexity index is 745. The number of rotatable bonds is 6. The van der Waals surface area contributed by atoms with E-state index < -0.39 is 5.97 Å². The number of nitrogens with one attached hydrogen (secondary N) is 1. The lowest BCUT2D eigenvalue weighted by molar-refractivity contribution is -0.124. The zero-order valence-electron chi connectivity index (χ0n) is 14.5. The quantitative estimate of drug-likeness (QED) is 0.778. The zero-order valence-corrected chi connectivity index (χ0v) is 15.3. The molecule has 2 aromatic heterocycles. The number of amides is 1. The molecular formula is C18H21N3O4S. The number of hydrogen-bond acceptors (Lipinski definition) is 7. The largest absolute Gasteiger partial charge is 0.452 e. The van der Waals surface area contributed by atoms with Crippen LogP contribution in [0.2, 0.25) is 0 Å². The van der Waals surface area contributed by atoms with Gasteiger partial charge in [-0.3, -0.25) is 4.79 Å². The molecule has 0 aromatic carbocycles. The number of carbonyl (C=O) groups is 2. The van der Waals surface area contributed by atoms with Crippen molar-refractivity contribution >= 4 is 29.0 Å². The second-order valence-electron chi connectivity index (χ2n) is 5.85. The van der Waals surface area contributed by atoms with E-state index in [4.69, 9.17) is 9.47 Å². The second-order valence-corrected chi connectivity index (χ2v) is 6.83. The third-order valence-electron chi connectivity index (χ3n) is 4.00. The number of aromatic nitrogens is 1. The molecule has 1 aliphatic rings. The molecular weight excluding hydrogens is 354 g/mol. The van der Waals surface area contributed by atoms with Crippen LogP contribution in [0.5, 0.6) is 0 Å². The molecule has 3 heterocycles. The van der Waals surface area contributed by atoms with Crippen LogP contribution in [0, 0.1) is 0 Å². The highest BCUT2D eigenvalue weighted by Gasteiger charge is 2.21. The van der Waals surface area contributed by atoms with Crippen molar-refractivity contribution in [3.8, 4) is 0 Å². The van der Waals surface area contributed by atoms with Gasteiger partial charge in [0.1, 0.15) is 11.4 Å². The van der Waals surface area contributed by atoms with Gasteiger partial charge in [-0.05, 0) is 30.5 Å². The fraction of sp³-hybridized carbons (Fsp3) is 0.389. The van der Waals surface area contributed by atoms with Crippen molar-refractivity contribution in [3.05, 3.63) is 46.3 Å². The van der Waals surface area contributed by atoms with Gasteiger partial charge in [-0.15, -0.1) is 11.3 Å². The third-order valence-corrected chi connectivity index (χ3v) is 5.05. The van der Waals surface area contributed by atoms with Crippen LogP contribution in [0.15, 0.2) is 35.8 Å². The molecule has 0 unspecified atom stereocenters. The molecule has 0 radical (unpaired) electrons. The van der Waals surface area contributed by atoms with Crippen molar-refractivity contribution in [3.63, 3.8) is 0 Å². The first-order valence-electron chi connectivity index (χ1n) is 8.43. The Balaban J connectivity index is 1.57. The van der Waals surface area contributed by atoms with E-state index in [1.165, 1.54) is 0 Å². The topological polar surface area (TPSA) is 80.8 Å². The van der Waals surface area contributed by atoms with Crippen LogP contribution >= 0.6 is 11.3 Å². The highest BCUT2D eigenvalue weighted by Crippen LogP contribution is 2.20. The Morgan fingerprint density at radius 3 is 2.88 bits per heavy atom. The van der Waals surface area contributed by atoms with E-state index in [9.17, 15) is 9.59 Å². The smallest absolute Gasteiger partial charge is 0.342 e. The number of nitrogens with zero attached hydrogens (tertiary/aromatic N) is 2. The summed E-state index contributed by atoms with van der Waals surface area (Å²) in [6.45, 7) is 4.07. The molecule has 26 heavy (non-hydrogen) atoms. The summed E-state index contributed by atoms with van der Waals surface area (Å²) in [5.41, 5.74) is 0.355. The summed E-state index contributed by atoms with van der Waals surface area (Å²) in [6, 6.07) is 7.10. The minimum Gasteiger partial charge on any atom is -0.452 e. The lowest BCUT2D eigenvalue weighted by Gasteiger charge is -2.28. The fourth-order valence-electron chi connectivity index (χ4n) is 2.68. The number of anilines is 1. The van der Waals surface area contributed by atoms with Crippen LogP contribution < -0.4 is 10.2 Å². The standard InChI is InChI=1S/C18H21N3O4S/c1-13(15-5-3-11-26-15)20-16(22)12-25-18(23)14-4-2-6-19-17(14)21-7-9-24-10-8-21/h2-6,11,13H,7-10,12H2,1H3,(H,20,22)/t13-/m1/s1. The number of hydrogen-bond donors (Lipinski definition) is 1. The number of esters is 1. The second kappa shape index (κ2) is 8.77. The molecule has 7 nitrogen and oxygen atoms in total. The minimum absolute atomic E-state index is 0.122. The summed E-state index contributed by atoms with van der Waals surface area (Å²) in [4.78, 5) is 31.8. The summed E-state index contributed by atoms with van der Waals surface area (Å²) in [7, 11) is 0. The first-order valence-corrected chi connectivity index (χ1v) is 9.30. The lowest BCUT2D eigenvalue weighted by Crippen LogP contribution is -2.38. The zero-order chi connectivity index (χ0) is 18.4. The maximum atomic E-state index is 12.4. The summed E-state index contributed by atoms with van der Waals surface area (Å²) >= 11 is 1.57. The van der Waals surface area contributed by atoms with Crippen molar-refractivity contribution in [1.82, 2.24) is 10.3 Å². The molecule has 3 rings (SSSR count). The normalized spacial score (nSPS) is 15.3. The Morgan fingerprint density at radius 2 is 2.15 bits per heavy atom. The number of carbonyl (C=O) groups excluding carboxylic acids is 2. The molecule has 1 atom stereocenters. The van der Waals surface area contributed by atoms with Crippen LogP contribution in [0.1, 0.15) is 28.2 Å². The van der Waals surface area contributed by atoms with Crippen LogP contribution in [0.3, 0.4) is 0 Å². The minimum atomic E-state index is -0.557. The molecule has 2 aromatic rings. The highest BCUT2D eigenvalue weighted by molar-refractivity contribution is 7.10. The van der Waals surface area contributed by atoms with Crippen LogP contribution in [-0.4, -0.2) is 49.8 Å². The fourth-order valence-corrected chi connectivity index (χ4v) is 3.42. The van der Waals surface area contributed by atoms with Gasteiger partial charge in [0.15, 0.2) is 6.61 Å². The molecule has 1 amide bonds. The first kappa shape index (κ1) is 18.3. The van der Waals surface area contributed by atoms with Crippen molar-refractivity contribution in [2.75, 3.05) is 37.8 Å². The molecule has 0 bridgehead atoms. The average Bonchev–Trinajstić information content (AvgIpc) is 3.22. The third kappa shape index (κ3) is 4.59. The maximum absolute atomic E-state index is 12.4. The Morgan fingerprint density at radius 1 is 1.35 bits per heavy atom. The van der Waals surface area contributed by atoms with Crippen molar-refractivity contribution in [1.29, 1.82) is 0 Å². The molecule has 1 N–H and O–H groups in total. The Kier molecular flexibility index (Phi) is 6.19. The van der Waals surface area contributed by atoms with Gasteiger partial charge >= 0.3 is 5.97 Å². The van der Waals surface area contributed by atoms with E-state index in [-0.39, 0.29) is 18.6 Å². The predicted molar refractivity (Wildman–Crippen MR) is 98.4 cm³/mol. The lowest BCUT2D eigenvalue weighted by atomic mass is 10.2. The van der Waals surface area contributed by atoms with E-state index in [1.807, 2.05) is 29.3 Å². The Hall–Kier alpha value is -2.45. The summed E-state index contributed by atoms with van der Waals surface area (Å²) in [6.07, 6.45) is 1.64. The molecule has 1 fully saturated rings. The molecule has 138 valence electrons. The van der Waals surface area contributed by atoms with E-state index in [0.29, 0.717) is 37.7 Å². The van der Waals surface area contributed by atoms with Crippen LogP contribution in [0.25, 0.3) is 0 Å². The summed E-state index contributed by atoms with van der Waals surface area (Å²) in [5, 5.41) is 4.77. The van der Waals surface area contributed by atoms with Gasteiger partial charge in [0.05, 0.1) is 19.3 Å². The number of thiophene rings is 1. The first-order chi connectivity index (χ1) is 12.6. The van der Waals surface area contributed by atoms with Gasteiger partial charge < -0.3 is 19.7 Å². The van der Waals surface area contributed by atoms with Crippen LogP contribution in [-0.2, 0) is 14.3 Å². The maximum Gasteiger partial charge on any atom is 0.342 e. The van der Waals surface area contributed by atoms with E-state index in [0.717, 1.165) is 4.88 Å². The predicted octanol–water partition coefficient (Wildman–Crippen LogP) is 2.01. The van der Waals surface area contributed by atoms with Gasteiger partial charge in [-0.1, -0.05) is 6.07 Å². The Labute approximate surface area is 155 Å². The monoisotopic (exact) mass is 375 g/mol. The molecule has 0 spiro atoms.